The average Bonchev–Trinajstić information content (AvgIpc) is 2.36. The van der Waals surface area contributed by atoms with Gasteiger partial charge in [-0.3, -0.25) is 4.79 Å². The molecule has 0 radical (unpaired) electrons. The monoisotopic (exact) mass is 275 g/mol. The first-order valence-corrected chi connectivity index (χ1v) is 7.27. The zero-order chi connectivity index (χ0) is 14.7. The number of carbonyl (C=O) groups excluding carboxylic acids is 1. The van der Waals surface area contributed by atoms with Crippen molar-refractivity contribution in [2.24, 2.45) is 5.92 Å². The Morgan fingerprint density at radius 1 is 1.45 bits per heavy atom. The lowest BCUT2D eigenvalue weighted by Crippen LogP contribution is -2.48. The zero-order valence-electron chi connectivity index (χ0n) is 12.8. The predicted octanol–water partition coefficient (Wildman–Crippen LogP) is 1.73. The van der Waals surface area contributed by atoms with E-state index in [0.29, 0.717) is 0 Å². The number of hydrogen-bond acceptors (Lipinski definition) is 3. The Hall–Kier alpha value is -1.55. The Labute approximate surface area is 121 Å². The van der Waals surface area contributed by atoms with Gasteiger partial charge in [0.05, 0.1) is 5.92 Å². The van der Waals surface area contributed by atoms with Gasteiger partial charge in [-0.1, -0.05) is 18.2 Å². The minimum Gasteiger partial charge on any atom is -0.382 e. The Balaban J connectivity index is 2.01. The molecule has 1 aromatic carbocycles. The zero-order valence-corrected chi connectivity index (χ0v) is 12.8. The van der Waals surface area contributed by atoms with Gasteiger partial charge in [-0.05, 0) is 46.0 Å². The lowest BCUT2D eigenvalue weighted by Gasteiger charge is -2.32. The summed E-state index contributed by atoms with van der Waals surface area (Å²) in [6.07, 6.45) is 0.810. The van der Waals surface area contributed by atoms with Crippen LogP contribution in [0.2, 0.25) is 0 Å². The molecule has 1 heterocycles. The highest BCUT2D eigenvalue weighted by atomic mass is 16.2. The molecule has 1 aromatic rings. The topological polar surface area (TPSA) is 44.4 Å². The van der Waals surface area contributed by atoms with Crippen LogP contribution in [0.5, 0.6) is 0 Å². The van der Waals surface area contributed by atoms with Gasteiger partial charge in [0.25, 0.3) is 0 Å². The second-order valence-electron chi connectivity index (χ2n) is 6.07. The molecule has 3 unspecified atom stereocenters. The number of para-hydroxylation sites is 1. The number of amides is 1. The molecule has 1 aliphatic heterocycles. The summed E-state index contributed by atoms with van der Waals surface area (Å²) < 4.78 is 0. The van der Waals surface area contributed by atoms with E-state index in [1.807, 2.05) is 33.2 Å². The summed E-state index contributed by atoms with van der Waals surface area (Å²) in [5.41, 5.74) is 2.39. The molecule has 20 heavy (non-hydrogen) atoms. The third-order valence-corrected chi connectivity index (χ3v) is 3.81. The van der Waals surface area contributed by atoms with Crippen LogP contribution in [0.15, 0.2) is 24.3 Å². The van der Waals surface area contributed by atoms with Crippen LogP contribution in [-0.4, -0.2) is 43.5 Å². The molecule has 3 atom stereocenters. The van der Waals surface area contributed by atoms with Crippen LogP contribution in [0, 0.1) is 5.92 Å². The molecule has 4 heteroatoms. The number of anilines is 1. The standard InChI is InChI=1S/C16H25N3O/c1-11(10-19(3)4)17-16(20)14-9-13-7-5-6-8-15(13)18-12(14)2/h5-8,11-12,14,18H,9-10H2,1-4H3,(H,17,20). The van der Waals surface area contributed by atoms with E-state index in [1.54, 1.807) is 0 Å². The largest absolute Gasteiger partial charge is 0.382 e. The predicted molar refractivity (Wildman–Crippen MR) is 82.9 cm³/mol. The molecule has 0 aliphatic carbocycles. The van der Waals surface area contributed by atoms with Crippen molar-refractivity contribution >= 4 is 11.6 Å². The molecule has 1 amide bonds. The Morgan fingerprint density at radius 3 is 2.85 bits per heavy atom. The van der Waals surface area contributed by atoms with Gasteiger partial charge in [0.2, 0.25) is 5.91 Å². The number of rotatable bonds is 4. The maximum absolute atomic E-state index is 12.4. The minimum absolute atomic E-state index is 0.00508. The molecule has 4 nitrogen and oxygen atoms in total. The Kier molecular flexibility index (Phi) is 4.65. The molecule has 0 saturated carbocycles. The lowest BCUT2D eigenvalue weighted by atomic mass is 9.87. The molecule has 2 N–H and O–H groups in total. The van der Waals surface area contributed by atoms with E-state index >= 15 is 0 Å². The van der Waals surface area contributed by atoms with Gasteiger partial charge in [-0.15, -0.1) is 0 Å². The second kappa shape index (κ2) is 6.27. The normalized spacial score (nSPS) is 22.9. The minimum atomic E-state index is -0.00508. The van der Waals surface area contributed by atoms with Gasteiger partial charge in [-0.25, -0.2) is 0 Å². The molecule has 0 bridgehead atoms. The molecule has 0 fully saturated rings. The van der Waals surface area contributed by atoms with Crippen LogP contribution in [0.4, 0.5) is 5.69 Å². The van der Waals surface area contributed by atoms with E-state index in [2.05, 4.69) is 34.6 Å². The van der Waals surface area contributed by atoms with Gasteiger partial charge in [0.15, 0.2) is 0 Å². The number of nitrogens with zero attached hydrogens (tertiary/aromatic N) is 1. The highest BCUT2D eigenvalue weighted by molar-refractivity contribution is 5.81. The van der Waals surface area contributed by atoms with E-state index in [9.17, 15) is 4.79 Å². The van der Waals surface area contributed by atoms with Crippen molar-refractivity contribution in [2.75, 3.05) is 26.0 Å². The molecular formula is C16H25N3O. The van der Waals surface area contributed by atoms with Crippen molar-refractivity contribution in [1.82, 2.24) is 10.2 Å². The molecule has 110 valence electrons. The Morgan fingerprint density at radius 2 is 2.15 bits per heavy atom. The first-order valence-electron chi connectivity index (χ1n) is 7.27. The van der Waals surface area contributed by atoms with Crippen LogP contribution < -0.4 is 10.6 Å². The summed E-state index contributed by atoms with van der Waals surface area (Å²) in [6, 6.07) is 8.56. The number of benzene rings is 1. The highest BCUT2D eigenvalue weighted by Gasteiger charge is 2.30. The summed E-state index contributed by atoms with van der Waals surface area (Å²) >= 11 is 0. The highest BCUT2D eigenvalue weighted by Crippen LogP contribution is 2.28. The number of fused-ring (bicyclic) bond motifs is 1. The van der Waals surface area contributed by atoms with Crippen LogP contribution in [0.1, 0.15) is 19.4 Å². The van der Waals surface area contributed by atoms with Crippen LogP contribution in [0.3, 0.4) is 0 Å². The fraction of sp³-hybridized carbons (Fsp3) is 0.562. The Bertz CT molecular complexity index is 473. The summed E-state index contributed by atoms with van der Waals surface area (Å²) in [7, 11) is 4.04. The van der Waals surface area contributed by atoms with Crippen molar-refractivity contribution in [3.05, 3.63) is 29.8 Å². The van der Waals surface area contributed by atoms with Crippen LogP contribution in [0.25, 0.3) is 0 Å². The van der Waals surface area contributed by atoms with Gasteiger partial charge < -0.3 is 15.5 Å². The maximum atomic E-state index is 12.4. The fourth-order valence-corrected chi connectivity index (χ4v) is 2.86. The van der Waals surface area contributed by atoms with E-state index in [4.69, 9.17) is 0 Å². The first-order chi connectivity index (χ1) is 9.47. The van der Waals surface area contributed by atoms with E-state index in [1.165, 1.54) is 5.56 Å². The number of carbonyl (C=O) groups is 1. The molecule has 1 aliphatic rings. The maximum Gasteiger partial charge on any atom is 0.225 e. The third kappa shape index (κ3) is 3.51. The van der Waals surface area contributed by atoms with Crippen molar-refractivity contribution in [3.63, 3.8) is 0 Å². The van der Waals surface area contributed by atoms with E-state index < -0.39 is 0 Å². The van der Waals surface area contributed by atoms with Gasteiger partial charge in [0.1, 0.15) is 0 Å². The fourth-order valence-electron chi connectivity index (χ4n) is 2.86. The average molecular weight is 275 g/mol. The molecule has 0 saturated heterocycles. The summed E-state index contributed by atoms with van der Waals surface area (Å²) in [6.45, 7) is 4.99. The number of likely N-dealkylation sites (N-methyl/N-ethyl adjacent to an activating group) is 1. The second-order valence-corrected chi connectivity index (χ2v) is 6.07. The lowest BCUT2D eigenvalue weighted by molar-refractivity contribution is -0.126. The number of hydrogen-bond donors (Lipinski definition) is 2. The smallest absolute Gasteiger partial charge is 0.225 e. The van der Waals surface area contributed by atoms with Gasteiger partial charge in [0, 0.05) is 24.3 Å². The van der Waals surface area contributed by atoms with Crippen LogP contribution in [-0.2, 0) is 11.2 Å². The van der Waals surface area contributed by atoms with E-state index in [-0.39, 0.29) is 23.9 Å². The van der Waals surface area contributed by atoms with Crippen molar-refractivity contribution in [3.8, 4) is 0 Å². The van der Waals surface area contributed by atoms with Crippen molar-refractivity contribution < 1.29 is 4.79 Å². The molecule has 0 aromatic heterocycles. The molecule has 0 spiro atoms. The molecule has 2 rings (SSSR count). The van der Waals surface area contributed by atoms with Gasteiger partial charge in [-0.2, -0.15) is 0 Å². The number of nitrogens with one attached hydrogen (secondary N) is 2. The summed E-state index contributed by atoms with van der Waals surface area (Å²) in [5, 5.41) is 6.56. The summed E-state index contributed by atoms with van der Waals surface area (Å²) in [4.78, 5) is 14.5. The van der Waals surface area contributed by atoms with E-state index in [0.717, 1.165) is 18.7 Å². The SMILES string of the molecule is CC(CN(C)C)NC(=O)C1Cc2ccccc2NC1C. The van der Waals surface area contributed by atoms with Crippen molar-refractivity contribution in [1.29, 1.82) is 0 Å². The first kappa shape index (κ1) is 14.9. The quantitative estimate of drug-likeness (QED) is 0.879. The van der Waals surface area contributed by atoms with Crippen molar-refractivity contribution in [2.45, 2.75) is 32.4 Å². The summed E-state index contributed by atoms with van der Waals surface area (Å²) in [5.74, 6) is 0.142. The molecular weight excluding hydrogens is 250 g/mol. The third-order valence-electron chi connectivity index (χ3n) is 3.81. The van der Waals surface area contributed by atoms with Crippen LogP contribution >= 0.6 is 0 Å². The van der Waals surface area contributed by atoms with Gasteiger partial charge >= 0.3 is 0 Å².